The molecule has 4 nitrogen and oxygen atoms in total. The van der Waals surface area contributed by atoms with Crippen LogP contribution in [-0.2, 0) is 0 Å². The third-order valence-corrected chi connectivity index (χ3v) is 1.30. The molecular formula is C9H6N4. The predicted molar refractivity (Wildman–Crippen MR) is 47.1 cm³/mol. The van der Waals surface area contributed by atoms with Crippen molar-refractivity contribution in [3.63, 3.8) is 0 Å². The largest absolute Gasteiger partial charge is 0.262 e. The molecule has 0 aliphatic heterocycles. The van der Waals surface area contributed by atoms with Crippen LogP contribution in [0.25, 0.3) is 0 Å². The van der Waals surface area contributed by atoms with Crippen molar-refractivity contribution in [1.29, 1.82) is 10.5 Å². The quantitative estimate of drug-likeness (QED) is 0.630. The fraction of sp³-hybridized carbons (Fsp3) is 0.111. The number of nitrogens with zero attached hydrogens (tertiary/aromatic N) is 4. The van der Waals surface area contributed by atoms with Crippen molar-refractivity contribution < 1.29 is 0 Å². The van der Waals surface area contributed by atoms with E-state index < -0.39 is 5.92 Å². The van der Waals surface area contributed by atoms with Crippen LogP contribution in [0.3, 0.4) is 0 Å². The summed E-state index contributed by atoms with van der Waals surface area (Å²) < 4.78 is 0. The summed E-state index contributed by atoms with van der Waals surface area (Å²) in [7, 11) is 0. The Balaban J connectivity index is 2.71. The molecule has 62 valence electrons. The molecule has 1 heterocycles. The summed E-state index contributed by atoms with van der Waals surface area (Å²) in [6.45, 7) is 0. The Morgan fingerprint density at radius 2 is 2.23 bits per heavy atom. The van der Waals surface area contributed by atoms with E-state index in [1.165, 1.54) is 6.21 Å². The highest BCUT2D eigenvalue weighted by atomic mass is 14.8. The molecule has 4 heteroatoms. The SMILES string of the molecule is N#CC(C#N)C=Nc1cccnc1. The smallest absolute Gasteiger partial charge is 0.168 e. The van der Waals surface area contributed by atoms with Crippen molar-refractivity contribution in [2.45, 2.75) is 0 Å². The Morgan fingerprint density at radius 3 is 2.77 bits per heavy atom. The van der Waals surface area contributed by atoms with Crippen molar-refractivity contribution >= 4 is 11.9 Å². The molecule has 0 atom stereocenters. The first-order valence-corrected chi connectivity index (χ1v) is 3.60. The van der Waals surface area contributed by atoms with Gasteiger partial charge in [0.1, 0.15) is 0 Å². The molecule has 0 saturated heterocycles. The van der Waals surface area contributed by atoms with E-state index in [4.69, 9.17) is 10.5 Å². The molecule has 0 aromatic carbocycles. The zero-order valence-electron chi connectivity index (χ0n) is 6.75. The topological polar surface area (TPSA) is 72.8 Å². The van der Waals surface area contributed by atoms with E-state index >= 15 is 0 Å². The van der Waals surface area contributed by atoms with Crippen molar-refractivity contribution in [2.75, 3.05) is 0 Å². The van der Waals surface area contributed by atoms with Crippen LogP contribution in [0.1, 0.15) is 0 Å². The van der Waals surface area contributed by atoms with Crippen molar-refractivity contribution in [1.82, 2.24) is 4.98 Å². The van der Waals surface area contributed by atoms with Gasteiger partial charge in [-0.2, -0.15) is 10.5 Å². The van der Waals surface area contributed by atoms with E-state index in [9.17, 15) is 0 Å². The number of nitriles is 2. The molecule has 0 fully saturated rings. The van der Waals surface area contributed by atoms with Gasteiger partial charge in [0.25, 0.3) is 0 Å². The number of hydrogen-bond acceptors (Lipinski definition) is 4. The molecule has 0 N–H and O–H groups in total. The van der Waals surface area contributed by atoms with E-state index in [0.29, 0.717) is 5.69 Å². The van der Waals surface area contributed by atoms with Gasteiger partial charge in [-0.05, 0) is 12.1 Å². The second-order valence-corrected chi connectivity index (χ2v) is 2.23. The van der Waals surface area contributed by atoms with Crippen molar-refractivity contribution in [2.24, 2.45) is 10.9 Å². The van der Waals surface area contributed by atoms with Gasteiger partial charge in [0.05, 0.1) is 24.0 Å². The average Bonchev–Trinajstić information content (AvgIpc) is 2.21. The highest BCUT2D eigenvalue weighted by Gasteiger charge is 1.98. The first-order chi connectivity index (χ1) is 6.36. The maximum atomic E-state index is 8.42. The van der Waals surface area contributed by atoms with Gasteiger partial charge in [0.2, 0.25) is 0 Å². The maximum Gasteiger partial charge on any atom is 0.168 e. The standard InChI is InChI=1S/C9H6N4/c10-4-8(5-11)6-13-9-2-1-3-12-7-9/h1-3,6-8H. The van der Waals surface area contributed by atoms with Crippen LogP contribution in [-0.4, -0.2) is 11.2 Å². The number of pyridine rings is 1. The summed E-state index contributed by atoms with van der Waals surface area (Å²) in [5.41, 5.74) is 0.637. The minimum absolute atomic E-state index is 0.637. The molecule has 0 spiro atoms. The van der Waals surface area contributed by atoms with E-state index in [1.807, 2.05) is 0 Å². The predicted octanol–water partition coefficient (Wildman–Crippen LogP) is 1.45. The van der Waals surface area contributed by atoms with Gasteiger partial charge >= 0.3 is 0 Å². The molecule has 0 aliphatic rings. The summed E-state index contributed by atoms with van der Waals surface area (Å²) in [6.07, 6.45) is 4.49. The lowest BCUT2D eigenvalue weighted by Gasteiger charge is -1.90. The highest BCUT2D eigenvalue weighted by molar-refractivity contribution is 5.71. The number of aromatic nitrogens is 1. The van der Waals surface area contributed by atoms with Crippen LogP contribution >= 0.6 is 0 Å². The highest BCUT2D eigenvalue weighted by Crippen LogP contribution is 2.07. The molecule has 13 heavy (non-hydrogen) atoms. The summed E-state index contributed by atoms with van der Waals surface area (Å²) in [4.78, 5) is 7.75. The second kappa shape index (κ2) is 4.63. The van der Waals surface area contributed by atoms with Crippen LogP contribution in [0, 0.1) is 28.6 Å². The van der Waals surface area contributed by atoms with Gasteiger partial charge in [-0.1, -0.05) is 0 Å². The lowest BCUT2D eigenvalue weighted by molar-refractivity contribution is 1.17. The van der Waals surface area contributed by atoms with E-state index in [-0.39, 0.29) is 0 Å². The molecule has 1 rings (SSSR count). The Morgan fingerprint density at radius 1 is 1.46 bits per heavy atom. The first kappa shape index (κ1) is 8.89. The fourth-order valence-electron chi connectivity index (χ4n) is 0.686. The first-order valence-electron chi connectivity index (χ1n) is 3.60. The minimum atomic E-state index is -0.791. The molecular weight excluding hydrogens is 164 g/mol. The molecule has 0 radical (unpaired) electrons. The van der Waals surface area contributed by atoms with Gasteiger partial charge in [0, 0.05) is 12.4 Å². The number of hydrogen-bond donors (Lipinski definition) is 0. The van der Waals surface area contributed by atoms with Crippen LogP contribution in [0.5, 0.6) is 0 Å². The molecule has 0 bridgehead atoms. The molecule has 0 saturated carbocycles. The normalized spacial score (nSPS) is 9.77. The van der Waals surface area contributed by atoms with E-state index in [0.717, 1.165) is 0 Å². The van der Waals surface area contributed by atoms with Gasteiger partial charge in [-0.3, -0.25) is 9.98 Å². The molecule has 0 unspecified atom stereocenters. The second-order valence-electron chi connectivity index (χ2n) is 2.23. The van der Waals surface area contributed by atoms with E-state index in [2.05, 4.69) is 9.98 Å². The van der Waals surface area contributed by atoms with Gasteiger partial charge in [-0.25, -0.2) is 0 Å². The summed E-state index contributed by atoms with van der Waals surface area (Å²) in [6, 6.07) is 7.06. The monoisotopic (exact) mass is 170 g/mol. The van der Waals surface area contributed by atoms with Gasteiger partial charge < -0.3 is 0 Å². The third-order valence-electron chi connectivity index (χ3n) is 1.30. The van der Waals surface area contributed by atoms with Crippen LogP contribution in [0.15, 0.2) is 29.5 Å². The molecule has 1 aromatic rings. The number of aliphatic imine (C=N–C) groups is 1. The zero-order valence-corrected chi connectivity index (χ0v) is 6.75. The Kier molecular flexibility index (Phi) is 3.17. The van der Waals surface area contributed by atoms with E-state index in [1.54, 1.807) is 36.7 Å². The summed E-state index contributed by atoms with van der Waals surface area (Å²) in [5, 5.41) is 16.8. The Hall–Kier alpha value is -2.20. The lowest BCUT2D eigenvalue weighted by atomic mass is 10.2. The molecule has 0 aliphatic carbocycles. The zero-order chi connectivity index (χ0) is 9.52. The van der Waals surface area contributed by atoms with Crippen molar-refractivity contribution in [3.8, 4) is 12.1 Å². The van der Waals surface area contributed by atoms with Gasteiger partial charge in [-0.15, -0.1) is 0 Å². The summed E-state index contributed by atoms with van der Waals surface area (Å²) >= 11 is 0. The fourth-order valence-corrected chi connectivity index (χ4v) is 0.686. The van der Waals surface area contributed by atoms with Gasteiger partial charge in [0.15, 0.2) is 5.92 Å². The lowest BCUT2D eigenvalue weighted by Crippen LogP contribution is -1.92. The minimum Gasteiger partial charge on any atom is -0.262 e. The maximum absolute atomic E-state index is 8.42. The number of rotatable bonds is 2. The average molecular weight is 170 g/mol. The summed E-state index contributed by atoms with van der Waals surface area (Å²) in [5.74, 6) is -0.791. The van der Waals surface area contributed by atoms with Crippen molar-refractivity contribution in [3.05, 3.63) is 24.5 Å². The third kappa shape index (κ3) is 2.72. The van der Waals surface area contributed by atoms with Crippen LogP contribution in [0.2, 0.25) is 0 Å². The molecule has 1 aromatic heterocycles. The van der Waals surface area contributed by atoms with Crippen LogP contribution < -0.4 is 0 Å². The van der Waals surface area contributed by atoms with Crippen LogP contribution in [0.4, 0.5) is 5.69 Å². The molecule has 0 amide bonds. The Bertz CT molecular complexity index is 355. The Labute approximate surface area is 75.8 Å².